The molecule has 5 heteroatoms. The molecule has 0 spiro atoms. The van der Waals surface area contributed by atoms with E-state index in [1.807, 2.05) is 13.1 Å². The smallest absolute Gasteiger partial charge is 0.137 e. The zero-order valence-corrected chi connectivity index (χ0v) is 12.1. The molecule has 0 fully saturated rings. The van der Waals surface area contributed by atoms with E-state index in [0.717, 1.165) is 11.1 Å². The highest BCUT2D eigenvalue weighted by molar-refractivity contribution is 6.31. The van der Waals surface area contributed by atoms with E-state index >= 15 is 0 Å². The van der Waals surface area contributed by atoms with Crippen LogP contribution in [0.5, 0.6) is 5.75 Å². The third-order valence-corrected chi connectivity index (χ3v) is 3.51. The fraction of sp³-hybridized carbons (Fsp3) is 0.267. The molecule has 0 aliphatic carbocycles. The van der Waals surface area contributed by atoms with Crippen LogP contribution in [0.2, 0.25) is 5.02 Å². The molecular weight excluding hydrogens is 279 g/mol. The van der Waals surface area contributed by atoms with Crippen molar-refractivity contribution in [3.05, 3.63) is 58.6 Å². The van der Waals surface area contributed by atoms with Crippen LogP contribution in [0.1, 0.15) is 17.2 Å². The van der Waals surface area contributed by atoms with E-state index in [1.54, 1.807) is 25.6 Å². The predicted molar refractivity (Wildman–Crippen MR) is 77.7 cm³/mol. The minimum absolute atomic E-state index is 0.0283. The van der Waals surface area contributed by atoms with Crippen molar-refractivity contribution in [1.82, 2.24) is 10.3 Å². The van der Waals surface area contributed by atoms with Gasteiger partial charge in [0.05, 0.1) is 13.3 Å². The summed E-state index contributed by atoms with van der Waals surface area (Å²) < 4.78 is 18.2. The molecule has 1 unspecified atom stereocenters. The lowest BCUT2D eigenvalue weighted by atomic mass is 10.00. The maximum atomic E-state index is 13.1. The van der Waals surface area contributed by atoms with Gasteiger partial charge in [0.25, 0.3) is 0 Å². The zero-order valence-electron chi connectivity index (χ0n) is 11.4. The van der Waals surface area contributed by atoms with E-state index in [1.165, 1.54) is 12.1 Å². The molecule has 0 bridgehead atoms. The first kappa shape index (κ1) is 14.8. The molecule has 1 aromatic heterocycles. The summed E-state index contributed by atoms with van der Waals surface area (Å²) in [5.74, 6) is 0.371. The molecule has 0 aliphatic heterocycles. The van der Waals surface area contributed by atoms with E-state index in [0.29, 0.717) is 17.2 Å². The van der Waals surface area contributed by atoms with Crippen molar-refractivity contribution >= 4 is 11.6 Å². The van der Waals surface area contributed by atoms with E-state index in [-0.39, 0.29) is 11.9 Å². The Morgan fingerprint density at radius 1 is 1.35 bits per heavy atom. The Hall–Kier alpha value is -1.65. The molecule has 1 aromatic carbocycles. The minimum atomic E-state index is -0.331. The highest BCUT2D eigenvalue weighted by Crippen LogP contribution is 2.25. The van der Waals surface area contributed by atoms with Gasteiger partial charge in [0.15, 0.2) is 0 Å². The second kappa shape index (κ2) is 6.68. The minimum Gasteiger partial charge on any atom is -0.495 e. The summed E-state index contributed by atoms with van der Waals surface area (Å²) in [7, 11) is 3.47. The number of likely N-dealkylation sites (N-methyl/N-ethyl adjacent to an activating group) is 1. The summed E-state index contributed by atoms with van der Waals surface area (Å²) in [6.07, 6.45) is 4.08. The Morgan fingerprint density at radius 2 is 2.15 bits per heavy atom. The van der Waals surface area contributed by atoms with Crippen molar-refractivity contribution in [1.29, 1.82) is 0 Å². The van der Waals surface area contributed by atoms with E-state index in [9.17, 15) is 4.39 Å². The van der Waals surface area contributed by atoms with E-state index in [2.05, 4.69) is 10.3 Å². The van der Waals surface area contributed by atoms with Gasteiger partial charge in [-0.3, -0.25) is 4.98 Å². The molecule has 2 aromatic rings. The Bertz CT molecular complexity index is 592. The van der Waals surface area contributed by atoms with Crippen molar-refractivity contribution < 1.29 is 9.13 Å². The van der Waals surface area contributed by atoms with Crippen LogP contribution in [0, 0.1) is 5.82 Å². The summed E-state index contributed by atoms with van der Waals surface area (Å²) >= 11 is 6.07. The number of nitrogens with one attached hydrogen (secondary N) is 1. The summed E-state index contributed by atoms with van der Waals surface area (Å²) in [5.41, 5.74) is 1.88. The van der Waals surface area contributed by atoms with Crippen LogP contribution >= 0.6 is 11.6 Å². The lowest BCUT2D eigenvalue weighted by Crippen LogP contribution is -2.19. The number of pyridine rings is 1. The van der Waals surface area contributed by atoms with E-state index in [4.69, 9.17) is 16.3 Å². The van der Waals surface area contributed by atoms with Gasteiger partial charge in [-0.15, -0.1) is 0 Å². The molecule has 1 atom stereocenters. The standard InChI is InChI=1S/C15H16ClFN2O/c1-18-15(11-5-13(20-2)9-19-8-11)6-10-3-4-12(17)7-14(10)16/h3-5,7-9,15,18H,6H2,1-2H3. The number of methoxy groups -OCH3 is 1. The molecule has 1 heterocycles. The van der Waals surface area contributed by atoms with Crippen LogP contribution in [-0.2, 0) is 6.42 Å². The van der Waals surface area contributed by atoms with Gasteiger partial charge in [-0.25, -0.2) is 4.39 Å². The lowest BCUT2D eigenvalue weighted by molar-refractivity contribution is 0.411. The van der Waals surface area contributed by atoms with Crippen molar-refractivity contribution in [2.24, 2.45) is 0 Å². The van der Waals surface area contributed by atoms with Crippen molar-refractivity contribution in [2.45, 2.75) is 12.5 Å². The predicted octanol–water partition coefficient (Wildman–Crippen LogP) is 3.39. The van der Waals surface area contributed by atoms with Crippen molar-refractivity contribution in [3.8, 4) is 5.75 Å². The Labute approximate surface area is 122 Å². The van der Waals surface area contributed by atoms with Crippen LogP contribution in [0.15, 0.2) is 36.7 Å². The summed E-state index contributed by atoms with van der Waals surface area (Å²) in [4.78, 5) is 4.14. The number of halogens is 2. The maximum absolute atomic E-state index is 13.1. The quantitative estimate of drug-likeness (QED) is 0.918. The Kier molecular flexibility index (Phi) is 4.93. The van der Waals surface area contributed by atoms with Crippen molar-refractivity contribution in [2.75, 3.05) is 14.2 Å². The van der Waals surface area contributed by atoms with Gasteiger partial charge in [-0.2, -0.15) is 0 Å². The third kappa shape index (κ3) is 3.46. The van der Waals surface area contributed by atoms with E-state index < -0.39 is 0 Å². The van der Waals surface area contributed by atoms with Crippen LogP contribution in [0.4, 0.5) is 4.39 Å². The number of rotatable bonds is 5. The molecular formula is C15H16ClFN2O. The topological polar surface area (TPSA) is 34.2 Å². The van der Waals surface area contributed by atoms with Gasteiger partial charge in [-0.05, 0) is 42.8 Å². The number of hydrogen-bond donors (Lipinski definition) is 1. The van der Waals surface area contributed by atoms with Crippen LogP contribution in [0.25, 0.3) is 0 Å². The SMILES string of the molecule is CNC(Cc1ccc(F)cc1Cl)c1cncc(OC)c1. The van der Waals surface area contributed by atoms with Crippen LogP contribution in [-0.4, -0.2) is 19.1 Å². The number of hydrogen-bond acceptors (Lipinski definition) is 3. The average Bonchev–Trinajstić information content (AvgIpc) is 2.46. The number of aromatic nitrogens is 1. The van der Waals surface area contributed by atoms with Gasteiger partial charge in [0, 0.05) is 17.3 Å². The summed E-state index contributed by atoms with van der Waals surface area (Å²) in [5, 5.41) is 3.64. The molecule has 20 heavy (non-hydrogen) atoms. The van der Waals surface area contributed by atoms with Crippen molar-refractivity contribution in [3.63, 3.8) is 0 Å². The molecule has 106 valence electrons. The summed E-state index contributed by atoms with van der Waals surface area (Å²) in [6.45, 7) is 0. The first-order valence-electron chi connectivity index (χ1n) is 6.24. The number of benzene rings is 1. The van der Waals surface area contributed by atoms with Gasteiger partial charge >= 0.3 is 0 Å². The lowest BCUT2D eigenvalue weighted by Gasteiger charge is -2.17. The fourth-order valence-corrected chi connectivity index (χ4v) is 2.28. The molecule has 0 saturated heterocycles. The summed E-state index contributed by atoms with van der Waals surface area (Å²) in [6, 6.07) is 6.40. The average molecular weight is 295 g/mol. The highest BCUT2D eigenvalue weighted by atomic mass is 35.5. The molecule has 1 N–H and O–H groups in total. The Balaban J connectivity index is 2.23. The van der Waals surface area contributed by atoms with Gasteiger partial charge < -0.3 is 10.1 Å². The monoisotopic (exact) mass is 294 g/mol. The first-order chi connectivity index (χ1) is 9.63. The van der Waals surface area contributed by atoms with Gasteiger partial charge in [0.1, 0.15) is 11.6 Å². The fourth-order valence-electron chi connectivity index (χ4n) is 2.03. The second-order valence-electron chi connectivity index (χ2n) is 4.44. The molecule has 0 aliphatic rings. The largest absolute Gasteiger partial charge is 0.495 e. The Morgan fingerprint density at radius 3 is 2.80 bits per heavy atom. The molecule has 2 rings (SSSR count). The highest BCUT2D eigenvalue weighted by Gasteiger charge is 2.13. The third-order valence-electron chi connectivity index (χ3n) is 3.16. The molecule has 0 radical (unpaired) electrons. The second-order valence-corrected chi connectivity index (χ2v) is 4.85. The maximum Gasteiger partial charge on any atom is 0.137 e. The van der Waals surface area contributed by atoms with Crippen LogP contribution < -0.4 is 10.1 Å². The van der Waals surface area contributed by atoms with Crippen LogP contribution in [0.3, 0.4) is 0 Å². The number of nitrogens with zero attached hydrogens (tertiary/aromatic N) is 1. The zero-order chi connectivity index (χ0) is 14.5. The normalized spacial score (nSPS) is 12.2. The molecule has 0 amide bonds. The van der Waals surface area contributed by atoms with Gasteiger partial charge in [0.2, 0.25) is 0 Å². The molecule has 0 saturated carbocycles. The first-order valence-corrected chi connectivity index (χ1v) is 6.62. The number of ether oxygens (including phenoxy) is 1. The van der Waals surface area contributed by atoms with Gasteiger partial charge in [-0.1, -0.05) is 17.7 Å². The molecule has 3 nitrogen and oxygen atoms in total.